The van der Waals surface area contributed by atoms with E-state index in [1.54, 1.807) is 0 Å². The second-order valence-corrected chi connectivity index (χ2v) is 18.4. The van der Waals surface area contributed by atoms with Crippen LogP contribution in [-0.4, -0.2) is 12.5 Å². The molecule has 12 rings (SSSR count). The van der Waals surface area contributed by atoms with Gasteiger partial charge in [-0.1, -0.05) is 163 Å². The summed E-state index contributed by atoms with van der Waals surface area (Å²) in [5, 5.41) is 3.79. The van der Waals surface area contributed by atoms with Crippen molar-refractivity contribution in [2.75, 3.05) is 0 Å². The first-order valence-corrected chi connectivity index (χ1v) is 22.1. The van der Waals surface area contributed by atoms with Gasteiger partial charge in [0, 0.05) is 40.5 Å². The predicted molar refractivity (Wildman–Crippen MR) is 246 cm³/mol. The van der Waals surface area contributed by atoms with Crippen LogP contribution in [0, 0.1) is 0 Å². The third-order valence-corrected chi connectivity index (χ3v) is 15.0. The molecule has 2 nitrogen and oxygen atoms in total. The highest BCUT2D eigenvalue weighted by Crippen LogP contribution is 2.46. The van der Waals surface area contributed by atoms with E-state index in [0.717, 1.165) is 28.2 Å². The summed E-state index contributed by atoms with van der Waals surface area (Å²) in [7, 11) is 0. The smallest absolute Gasteiger partial charge is 0.250 e. The lowest BCUT2D eigenvalue weighted by Gasteiger charge is -2.38. The average Bonchev–Trinajstić information content (AvgIpc) is 3.29. The molecule has 0 saturated heterocycles. The van der Waals surface area contributed by atoms with E-state index in [4.69, 9.17) is 4.99 Å². The van der Waals surface area contributed by atoms with Gasteiger partial charge in [0.05, 0.1) is 11.7 Å². The molecule has 0 spiro atoms. The van der Waals surface area contributed by atoms with Gasteiger partial charge in [0.2, 0.25) is 6.71 Å². The normalized spacial score (nSPS) is 15.5. The van der Waals surface area contributed by atoms with Crippen molar-refractivity contribution < 1.29 is 0 Å². The van der Waals surface area contributed by atoms with Crippen LogP contribution < -0.4 is 21.7 Å². The predicted octanol–water partition coefficient (Wildman–Crippen LogP) is 11.7. The fourth-order valence-corrected chi connectivity index (χ4v) is 12.8. The summed E-state index contributed by atoms with van der Waals surface area (Å²) < 4.78 is 0. The standard InChI is InChI=1S/C52H33BN2S3/c1-3-12-32(13-4-1)34-16-8-20-38(27-34)42-31-41(33-14-5-2-6-15-33)54-52(55-42)39-21-9-18-36(28-39)35-17-7-19-37(26-35)40-29-47-51-48(30-40)58-46-25-11-23-44-50(46)53(51)49-43(56-44)22-10-24-45(49)57-47/h1-31,41H,(H,54,55). The third kappa shape index (κ3) is 5.81. The molecule has 6 heteroatoms. The van der Waals surface area contributed by atoms with Crippen LogP contribution in [0.25, 0.3) is 39.1 Å². The third-order valence-electron chi connectivity index (χ3n) is 11.6. The molecule has 4 aliphatic heterocycles. The Bertz CT molecular complexity index is 2950. The van der Waals surface area contributed by atoms with Crippen LogP contribution in [0.4, 0.5) is 0 Å². The van der Waals surface area contributed by atoms with E-state index < -0.39 is 0 Å². The SMILES string of the molecule is C1=C(c2cccc(-c3ccccc3)c2)N=C(c2cccc(-c3cccc(-c4cc5c6c(c4)Sc4cccc7c4B6c4c(cccc4S5)S7)c3)c2)NC1c1ccccc1. The Morgan fingerprint density at radius 2 is 0.810 bits per heavy atom. The topological polar surface area (TPSA) is 24.4 Å². The summed E-state index contributed by atoms with van der Waals surface area (Å²) in [5.74, 6) is 0.866. The Labute approximate surface area is 351 Å². The largest absolute Gasteiger partial charge is 0.359 e. The lowest BCUT2D eigenvalue weighted by Crippen LogP contribution is -2.60. The molecule has 0 saturated carbocycles. The Kier molecular flexibility index (Phi) is 8.17. The first-order chi connectivity index (χ1) is 28.7. The van der Waals surface area contributed by atoms with Crippen molar-refractivity contribution in [1.82, 2.24) is 5.32 Å². The zero-order valence-corrected chi connectivity index (χ0v) is 33.7. The van der Waals surface area contributed by atoms with Gasteiger partial charge in [0.1, 0.15) is 5.84 Å². The van der Waals surface area contributed by atoms with Crippen molar-refractivity contribution in [3.05, 3.63) is 205 Å². The zero-order chi connectivity index (χ0) is 38.2. The molecule has 0 radical (unpaired) electrons. The number of hydrogen-bond acceptors (Lipinski definition) is 5. The Morgan fingerprint density at radius 1 is 0.379 bits per heavy atom. The molecule has 0 bridgehead atoms. The monoisotopic (exact) mass is 792 g/mol. The highest BCUT2D eigenvalue weighted by molar-refractivity contribution is 8.02. The van der Waals surface area contributed by atoms with Gasteiger partial charge in [0.25, 0.3) is 0 Å². The molecule has 272 valence electrons. The number of rotatable bonds is 6. The molecule has 1 N–H and O–H groups in total. The van der Waals surface area contributed by atoms with Gasteiger partial charge in [-0.2, -0.15) is 0 Å². The maximum Gasteiger partial charge on any atom is 0.250 e. The van der Waals surface area contributed by atoms with E-state index >= 15 is 0 Å². The van der Waals surface area contributed by atoms with Crippen LogP contribution in [0.1, 0.15) is 22.7 Å². The molecule has 1 unspecified atom stereocenters. The summed E-state index contributed by atoms with van der Waals surface area (Å²) >= 11 is 5.81. The number of nitrogens with zero attached hydrogens (tertiary/aromatic N) is 1. The summed E-state index contributed by atoms with van der Waals surface area (Å²) in [6.45, 7) is 0.301. The number of aliphatic imine (C=N–C) groups is 1. The van der Waals surface area contributed by atoms with Crippen LogP contribution in [0.5, 0.6) is 0 Å². The summed E-state index contributed by atoms with van der Waals surface area (Å²) in [5.41, 5.74) is 16.0. The Morgan fingerprint density at radius 3 is 1.43 bits per heavy atom. The van der Waals surface area contributed by atoms with Crippen molar-refractivity contribution in [3.8, 4) is 33.4 Å². The van der Waals surface area contributed by atoms with Gasteiger partial charge >= 0.3 is 0 Å². The maximum atomic E-state index is 5.31. The quantitative estimate of drug-likeness (QED) is 0.170. The van der Waals surface area contributed by atoms with E-state index in [-0.39, 0.29) is 6.04 Å². The van der Waals surface area contributed by atoms with Crippen molar-refractivity contribution in [3.63, 3.8) is 0 Å². The van der Waals surface area contributed by atoms with E-state index in [0.29, 0.717) is 6.71 Å². The molecule has 0 amide bonds. The number of amidine groups is 1. The molecule has 1 atom stereocenters. The second-order valence-electron chi connectivity index (χ2n) is 15.1. The summed E-state index contributed by atoms with van der Waals surface area (Å²) in [6.07, 6.45) is 2.25. The molecule has 8 aromatic rings. The maximum absolute atomic E-state index is 5.31. The van der Waals surface area contributed by atoms with Crippen LogP contribution >= 0.6 is 35.3 Å². The molecule has 0 aliphatic carbocycles. The number of hydrogen-bond donors (Lipinski definition) is 1. The van der Waals surface area contributed by atoms with Crippen LogP contribution in [-0.2, 0) is 0 Å². The molecule has 8 aromatic carbocycles. The fraction of sp³-hybridized carbons (Fsp3) is 0.0192. The minimum atomic E-state index is -0.0266. The second kappa shape index (κ2) is 13.9. The van der Waals surface area contributed by atoms with Crippen LogP contribution in [0.15, 0.2) is 222 Å². The molecule has 58 heavy (non-hydrogen) atoms. The van der Waals surface area contributed by atoms with Crippen molar-refractivity contribution in [2.24, 2.45) is 4.99 Å². The molecular formula is C52H33BN2S3. The van der Waals surface area contributed by atoms with Crippen molar-refractivity contribution in [2.45, 2.75) is 35.4 Å². The van der Waals surface area contributed by atoms with Gasteiger partial charge in [-0.25, -0.2) is 4.99 Å². The lowest BCUT2D eigenvalue weighted by atomic mass is 9.36. The van der Waals surface area contributed by atoms with E-state index in [1.807, 2.05) is 35.3 Å². The van der Waals surface area contributed by atoms with E-state index in [9.17, 15) is 0 Å². The molecule has 0 fully saturated rings. The summed E-state index contributed by atoms with van der Waals surface area (Å²) in [6, 6.07) is 66.4. The highest BCUT2D eigenvalue weighted by Gasteiger charge is 2.43. The van der Waals surface area contributed by atoms with Crippen LogP contribution in [0.2, 0.25) is 0 Å². The summed E-state index contributed by atoms with van der Waals surface area (Å²) in [4.78, 5) is 13.6. The minimum absolute atomic E-state index is 0.0266. The van der Waals surface area contributed by atoms with Gasteiger partial charge in [-0.05, 0) is 116 Å². The Balaban J connectivity index is 0.911. The number of benzene rings is 8. The average molecular weight is 793 g/mol. The molecule has 0 aromatic heterocycles. The molecular weight excluding hydrogens is 760 g/mol. The minimum Gasteiger partial charge on any atom is -0.359 e. The van der Waals surface area contributed by atoms with E-state index in [2.05, 4.69) is 193 Å². The van der Waals surface area contributed by atoms with Gasteiger partial charge in [0.15, 0.2) is 0 Å². The lowest BCUT2D eigenvalue weighted by molar-refractivity contribution is 0.781. The first kappa shape index (κ1) is 34.2. The van der Waals surface area contributed by atoms with Crippen LogP contribution in [0.3, 0.4) is 0 Å². The number of nitrogens with one attached hydrogen (secondary N) is 1. The fourth-order valence-electron chi connectivity index (χ4n) is 8.88. The van der Waals surface area contributed by atoms with E-state index in [1.165, 1.54) is 79.1 Å². The van der Waals surface area contributed by atoms with Gasteiger partial charge < -0.3 is 5.32 Å². The highest BCUT2D eigenvalue weighted by atomic mass is 32.2. The van der Waals surface area contributed by atoms with Gasteiger partial charge in [-0.3, -0.25) is 0 Å². The Hall–Kier alpha value is -5.92. The van der Waals surface area contributed by atoms with Crippen molar-refractivity contribution in [1.29, 1.82) is 0 Å². The van der Waals surface area contributed by atoms with Gasteiger partial charge in [-0.15, -0.1) is 0 Å². The first-order valence-electron chi connectivity index (χ1n) is 19.7. The van der Waals surface area contributed by atoms with Crippen molar-refractivity contribution >= 4 is 69.9 Å². The molecule has 4 heterocycles. The molecule has 4 aliphatic rings. The zero-order valence-electron chi connectivity index (χ0n) is 31.2.